The van der Waals surface area contributed by atoms with Crippen molar-refractivity contribution in [1.29, 1.82) is 0 Å². The minimum absolute atomic E-state index is 0.325. The number of hydrogen-bond donors (Lipinski definition) is 0. The second kappa shape index (κ2) is 4.62. The highest BCUT2D eigenvalue weighted by atomic mass is 32.2. The summed E-state index contributed by atoms with van der Waals surface area (Å²) in [4.78, 5) is 5.87. The van der Waals surface area contributed by atoms with Gasteiger partial charge in [-0.1, -0.05) is 18.2 Å². The highest BCUT2D eigenvalue weighted by Gasteiger charge is 2.39. The number of hydrogen-bond acceptors (Lipinski definition) is 4. The van der Waals surface area contributed by atoms with Gasteiger partial charge in [-0.05, 0) is 25.5 Å². The molecule has 4 rings (SSSR count). The average molecular weight is 287 g/mol. The van der Waals surface area contributed by atoms with Crippen molar-refractivity contribution >= 4 is 11.8 Å². The normalized spacial score (nSPS) is 25.5. The molecule has 0 N–H and O–H groups in total. The molecule has 2 bridgehead atoms. The van der Waals surface area contributed by atoms with Crippen molar-refractivity contribution in [1.82, 2.24) is 14.8 Å². The van der Waals surface area contributed by atoms with Crippen molar-refractivity contribution < 1.29 is 4.84 Å². The van der Waals surface area contributed by atoms with E-state index in [9.17, 15) is 0 Å². The molecule has 2 aliphatic heterocycles. The van der Waals surface area contributed by atoms with Crippen molar-refractivity contribution in [3.63, 3.8) is 0 Å². The van der Waals surface area contributed by atoms with Crippen LogP contribution >= 0.6 is 11.8 Å². The molecular formula is C15H17N3OS. The number of benzene rings is 1. The van der Waals surface area contributed by atoms with Crippen LogP contribution in [0, 0.1) is 6.92 Å². The molecule has 5 heteroatoms. The zero-order valence-corrected chi connectivity index (χ0v) is 12.4. The average Bonchev–Trinajstić information content (AvgIpc) is 2.89. The zero-order valence-electron chi connectivity index (χ0n) is 11.6. The minimum Gasteiger partial charge on any atom is -0.294 e. The fraction of sp³-hybridized carbons (Fsp3) is 0.400. The van der Waals surface area contributed by atoms with Crippen LogP contribution < -0.4 is 0 Å². The molecule has 3 heterocycles. The molecule has 2 aromatic rings. The first-order chi connectivity index (χ1) is 9.74. The Bertz CT molecular complexity index is 640. The molecule has 20 heavy (non-hydrogen) atoms. The molecule has 0 radical (unpaired) electrons. The number of aromatic nitrogens is 2. The van der Waals surface area contributed by atoms with Crippen molar-refractivity contribution in [2.45, 2.75) is 30.5 Å². The van der Waals surface area contributed by atoms with Gasteiger partial charge in [0.15, 0.2) is 0 Å². The van der Waals surface area contributed by atoms with Crippen LogP contribution in [0.15, 0.2) is 35.4 Å². The second-order valence-corrected chi connectivity index (χ2v) is 6.40. The lowest BCUT2D eigenvalue weighted by Crippen LogP contribution is -2.20. The molecule has 4 nitrogen and oxygen atoms in total. The summed E-state index contributed by atoms with van der Waals surface area (Å²) < 4.78 is 2.09. The zero-order chi connectivity index (χ0) is 13.7. The Morgan fingerprint density at radius 1 is 1.30 bits per heavy atom. The molecule has 0 saturated carbocycles. The third-order valence-corrected chi connectivity index (χ3v) is 5.25. The van der Waals surface area contributed by atoms with E-state index in [0.29, 0.717) is 12.1 Å². The van der Waals surface area contributed by atoms with Gasteiger partial charge in [0.05, 0.1) is 23.5 Å². The van der Waals surface area contributed by atoms with Gasteiger partial charge in [0.25, 0.3) is 0 Å². The second-order valence-electron chi connectivity index (χ2n) is 5.39. The highest BCUT2D eigenvalue weighted by Crippen LogP contribution is 2.45. The van der Waals surface area contributed by atoms with Crippen molar-refractivity contribution in [3.05, 3.63) is 41.6 Å². The standard InChI is InChI=1S/C15H17N3OS/c1-10-14-13-8-12(19-17(13)2)9-20-15(14)18(16-10)11-6-4-3-5-7-11/h3-7,12-13H,8-9H2,1-2H3/t12-,13+/m0/s1. The predicted octanol–water partition coefficient (Wildman–Crippen LogP) is 2.96. The summed E-state index contributed by atoms with van der Waals surface area (Å²) in [5, 5.41) is 8.05. The van der Waals surface area contributed by atoms with Crippen LogP contribution in [0.2, 0.25) is 0 Å². The van der Waals surface area contributed by atoms with Crippen LogP contribution in [0.5, 0.6) is 0 Å². The number of nitrogens with zero attached hydrogens (tertiary/aromatic N) is 3. The smallest absolute Gasteiger partial charge is 0.105 e. The van der Waals surface area contributed by atoms with Crippen LogP contribution in [-0.2, 0) is 4.84 Å². The summed E-state index contributed by atoms with van der Waals surface area (Å²) in [5.41, 5.74) is 3.58. The Labute approximate surface area is 122 Å². The minimum atomic E-state index is 0.325. The van der Waals surface area contributed by atoms with E-state index >= 15 is 0 Å². The number of thioether (sulfide) groups is 1. The van der Waals surface area contributed by atoms with E-state index in [-0.39, 0.29) is 0 Å². The number of rotatable bonds is 1. The van der Waals surface area contributed by atoms with Gasteiger partial charge in [-0.15, -0.1) is 11.8 Å². The van der Waals surface area contributed by atoms with E-state index in [1.54, 1.807) is 0 Å². The molecular weight excluding hydrogens is 270 g/mol. The van der Waals surface area contributed by atoms with Crippen LogP contribution in [0.3, 0.4) is 0 Å². The van der Waals surface area contributed by atoms with Gasteiger partial charge < -0.3 is 0 Å². The summed E-state index contributed by atoms with van der Waals surface area (Å²) >= 11 is 1.87. The Morgan fingerprint density at radius 3 is 2.90 bits per heavy atom. The maximum absolute atomic E-state index is 5.87. The third-order valence-electron chi connectivity index (χ3n) is 4.04. The van der Waals surface area contributed by atoms with Crippen LogP contribution in [0.25, 0.3) is 5.69 Å². The van der Waals surface area contributed by atoms with Gasteiger partial charge in [-0.25, -0.2) is 4.68 Å². The monoisotopic (exact) mass is 287 g/mol. The lowest BCUT2D eigenvalue weighted by Gasteiger charge is -2.20. The van der Waals surface area contributed by atoms with Crippen LogP contribution in [0.1, 0.15) is 23.7 Å². The largest absolute Gasteiger partial charge is 0.294 e. The topological polar surface area (TPSA) is 30.3 Å². The van der Waals surface area contributed by atoms with E-state index in [0.717, 1.165) is 23.6 Å². The number of para-hydroxylation sites is 1. The third kappa shape index (κ3) is 1.81. The summed E-state index contributed by atoms with van der Waals surface area (Å²) in [7, 11) is 2.03. The molecule has 0 aliphatic carbocycles. The Morgan fingerprint density at radius 2 is 2.10 bits per heavy atom. The Kier molecular flexibility index (Phi) is 2.87. The molecule has 1 fully saturated rings. The lowest BCUT2D eigenvalue weighted by atomic mass is 10.0. The highest BCUT2D eigenvalue weighted by molar-refractivity contribution is 7.99. The first-order valence-electron chi connectivity index (χ1n) is 6.91. The fourth-order valence-corrected chi connectivity index (χ4v) is 4.35. The Hall–Kier alpha value is -1.30. The van der Waals surface area contributed by atoms with Crippen LogP contribution in [-0.4, -0.2) is 33.7 Å². The molecule has 1 aromatic heterocycles. The van der Waals surface area contributed by atoms with Crippen molar-refractivity contribution in [2.75, 3.05) is 12.8 Å². The van der Waals surface area contributed by atoms with E-state index in [2.05, 4.69) is 35.9 Å². The summed E-state index contributed by atoms with van der Waals surface area (Å²) in [6.45, 7) is 2.10. The maximum Gasteiger partial charge on any atom is 0.105 e. The molecule has 2 aliphatic rings. The fourth-order valence-electron chi connectivity index (χ4n) is 3.10. The number of aryl methyl sites for hydroxylation is 1. The van der Waals surface area contributed by atoms with Gasteiger partial charge >= 0.3 is 0 Å². The molecule has 0 spiro atoms. The molecule has 1 aromatic carbocycles. The van der Waals surface area contributed by atoms with E-state index in [1.807, 2.05) is 29.9 Å². The number of hydroxylamine groups is 2. The van der Waals surface area contributed by atoms with Gasteiger partial charge in [-0.3, -0.25) is 4.84 Å². The quantitative estimate of drug-likeness (QED) is 0.806. The van der Waals surface area contributed by atoms with Gasteiger partial charge in [-0.2, -0.15) is 10.2 Å². The van der Waals surface area contributed by atoms with Crippen LogP contribution in [0.4, 0.5) is 0 Å². The van der Waals surface area contributed by atoms with Gasteiger partial charge in [0.2, 0.25) is 0 Å². The lowest BCUT2D eigenvalue weighted by molar-refractivity contribution is -0.138. The number of fused-ring (bicyclic) bond motifs is 4. The van der Waals surface area contributed by atoms with Gasteiger partial charge in [0, 0.05) is 18.4 Å². The molecule has 104 valence electrons. The van der Waals surface area contributed by atoms with E-state index in [4.69, 9.17) is 9.94 Å². The SMILES string of the molecule is Cc1nn(-c2ccccc2)c2c1[C@H]1C[C@@H](CS2)ON1C. The summed E-state index contributed by atoms with van der Waals surface area (Å²) in [5.74, 6) is 0.992. The first-order valence-corrected chi connectivity index (χ1v) is 7.90. The van der Waals surface area contributed by atoms with Crippen molar-refractivity contribution in [3.8, 4) is 5.69 Å². The molecule has 0 amide bonds. The Balaban J connectivity index is 1.87. The molecule has 0 unspecified atom stereocenters. The maximum atomic E-state index is 5.87. The predicted molar refractivity (Wildman–Crippen MR) is 79.0 cm³/mol. The summed E-state index contributed by atoms with van der Waals surface area (Å²) in [6, 6.07) is 10.7. The van der Waals surface area contributed by atoms with E-state index in [1.165, 1.54) is 10.6 Å². The van der Waals surface area contributed by atoms with Gasteiger partial charge in [0.1, 0.15) is 5.03 Å². The summed E-state index contributed by atoms with van der Waals surface area (Å²) in [6.07, 6.45) is 1.39. The van der Waals surface area contributed by atoms with Crippen molar-refractivity contribution in [2.24, 2.45) is 0 Å². The molecule has 1 saturated heterocycles. The first kappa shape index (κ1) is 12.4. The van der Waals surface area contributed by atoms with E-state index < -0.39 is 0 Å². The molecule has 2 atom stereocenters.